The molecule has 108 valence electrons. The van der Waals surface area contributed by atoms with E-state index < -0.39 is 5.97 Å². The zero-order chi connectivity index (χ0) is 15.5. The molecule has 0 unspecified atom stereocenters. The van der Waals surface area contributed by atoms with Crippen molar-refractivity contribution in [3.63, 3.8) is 0 Å². The van der Waals surface area contributed by atoms with E-state index in [-0.39, 0.29) is 5.69 Å². The second-order valence-corrected chi connectivity index (χ2v) is 4.92. The molecule has 0 atom stereocenters. The number of carboxylic acids is 1. The molecule has 3 aromatic heterocycles. The predicted molar refractivity (Wildman–Crippen MR) is 82.7 cm³/mol. The lowest BCUT2D eigenvalue weighted by molar-refractivity contribution is 0.0690. The highest BCUT2D eigenvalue weighted by molar-refractivity contribution is 6.29. The van der Waals surface area contributed by atoms with Gasteiger partial charge in [-0.1, -0.05) is 17.7 Å². The number of rotatable bonds is 3. The van der Waals surface area contributed by atoms with Crippen molar-refractivity contribution in [2.45, 2.75) is 0 Å². The monoisotopic (exact) mass is 311 g/mol. The van der Waals surface area contributed by atoms with Crippen molar-refractivity contribution in [2.24, 2.45) is 0 Å². The second kappa shape index (κ2) is 5.91. The number of carboxylic acid groups (broad SMARTS) is 1. The van der Waals surface area contributed by atoms with E-state index in [0.29, 0.717) is 5.15 Å². The van der Waals surface area contributed by atoms with Gasteiger partial charge < -0.3 is 5.11 Å². The van der Waals surface area contributed by atoms with Gasteiger partial charge in [-0.3, -0.25) is 4.98 Å². The van der Waals surface area contributed by atoms with Gasteiger partial charge in [0.1, 0.15) is 10.8 Å². The Morgan fingerprint density at radius 1 is 0.909 bits per heavy atom. The van der Waals surface area contributed by atoms with Gasteiger partial charge in [-0.25, -0.2) is 14.8 Å². The van der Waals surface area contributed by atoms with Crippen molar-refractivity contribution in [3.05, 3.63) is 65.8 Å². The minimum atomic E-state index is -1.06. The summed E-state index contributed by atoms with van der Waals surface area (Å²) < 4.78 is 0. The molecule has 1 N–H and O–H groups in total. The molecule has 5 nitrogen and oxygen atoms in total. The van der Waals surface area contributed by atoms with Crippen LogP contribution in [0.4, 0.5) is 0 Å². The number of nitrogens with zero attached hydrogens (tertiary/aromatic N) is 3. The van der Waals surface area contributed by atoms with Gasteiger partial charge in [-0.05, 0) is 35.9 Å². The zero-order valence-electron chi connectivity index (χ0n) is 11.3. The standard InChI is InChI=1S/C16H10ClN3O2/c17-15-4-2-12(9-20-15)13-3-1-11(8-19-13)10-5-6-18-14(7-10)16(21)22/h1-9H,(H,21,22). The average molecular weight is 312 g/mol. The zero-order valence-corrected chi connectivity index (χ0v) is 12.0. The van der Waals surface area contributed by atoms with Crippen molar-refractivity contribution < 1.29 is 9.90 Å². The second-order valence-electron chi connectivity index (χ2n) is 4.54. The number of hydrogen-bond donors (Lipinski definition) is 1. The highest BCUT2D eigenvalue weighted by atomic mass is 35.5. The number of carbonyl (C=O) groups is 1. The molecular weight excluding hydrogens is 302 g/mol. The highest BCUT2D eigenvalue weighted by Crippen LogP contribution is 2.23. The van der Waals surface area contributed by atoms with Crippen LogP contribution in [0.1, 0.15) is 10.5 Å². The summed E-state index contributed by atoms with van der Waals surface area (Å²) in [6.07, 6.45) is 4.81. The van der Waals surface area contributed by atoms with Crippen molar-refractivity contribution >= 4 is 17.6 Å². The molecule has 0 aliphatic carbocycles. The van der Waals surface area contributed by atoms with Crippen LogP contribution >= 0.6 is 11.6 Å². The summed E-state index contributed by atoms with van der Waals surface area (Å²) in [6, 6.07) is 10.5. The van der Waals surface area contributed by atoms with E-state index in [1.807, 2.05) is 18.2 Å². The van der Waals surface area contributed by atoms with Gasteiger partial charge in [0.2, 0.25) is 0 Å². The van der Waals surface area contributed by atoms with Gasteiger partial charge >= 0.3 is 5.97 Å². The molecular formula is C16H10ClN3O2. The van der Waals surface area contributed by atoms with Crippen molar-refractivity contribution in [1.82, 2.24) is 15.0 Å². The molecule has 3 aromatic rings. The van der Waals surface area contributed by atoms with Crippen LogP contribution < -0.4 is 0 Å². The Bertz CT molecular complexity index is 818. The van der Waals surface area contributed by atoms with Gasteiger partial charge in [0.25, 0.3) is 0 Å². The van der Waals surface area contributed by atoms with Crippen LogP contribution in [0.15, 0.2) is 55.0 Å². The topological polar surface area (TPSA) is 76.0 Å². The summed E-state index contributed by atoms with van der Waals surface area (Å²) in [6.45, 7) is 0. The maximum absolute atomic E-state index is 11.0. The average Bonchev–Trinajstić information content (AvgIpc) is 2.56. The van der Waals surface area contributed by atoms with E-state index in [0.717, 1.165) is 22.4 Å². The summed E-state index contributed by atoms with van der Waals surface area (Å²) in [7, 11) is 0. The molecule has 3 heterocycles. The first-order valence-corrected chi connectivity index (χ1v) is 6.79. The first-order chi connectivity index (χ1) is 10.6. The van der Waals surface area contributed by atoms with Gasteiger partial charge in [0, 0.05) is 29.7 Å². The Morgan fingerprint density at radius 2 is 1.68 bits per heavy atom. The molecule has 0 radical (unpaired) electrons. The van der Waals surface area contributed by atoms with Gasteiger partial charge in [-0.2, -0.15) is 0 Å². The summed E-state index contributed by atoms with van der Waals surface area (Å²) in [5.41, 5.74) is 3.19. The van der Waals surface area contributed by atoms with Crippen LogP contribution in [0.3, 0.4) is 0 Å². The number of aromatic nitrogens is 3. The third-order valence-electron chi connectivity index (χ3n) is 3.10. The lowest BCUT2D eigenvalue weighted by Crippen LogP contribution is -1.99. The quantitative estimate of drug-likeness (QED) is 0.748. The fourth-order valence-electron chi connectivity index (χ4n) is 1.99. The molecule has 0 saturated carbocycles. The molecule has 3 rings (SSSR count). The fourth-order valence-corrected chi connectivity index (χ4v) is 2.10. The molecule has 0 aromatic carbocycles. The summed E-state index contributed by atoms with van der Waals surface area (Å²) in [5.74, 6) is -1.06. The maximum atomic E-state index is 11.0. The SMILES string of the molecule is O=C(O)c1cc(-c2ccc(-c3ccc(Cl)nc3)nc2)ccn1. The Morgan fingerprint density at radius 3 is 2.32 bits per heavy atom. The number of hydrogen-bond acceptors (Lipinski definition) is 4. The number of pyridine rings is 3. The van der Waals surface area contributed by atoms with Crippen LogP contribution in [0.2, 0.25) is 5.15 Å². The molecule has 0 fully saturated rings. The van der Waals surface area contributed by atoms with Crippen LogP contribution in [0, 0.1) is 0 Å². The normalized spacial score (nSPS) is 10.4. The van der Waals surface area contributed by atoms with Gasteiger partial charge in [0.15, 0.2) is 0 Å². The van der Waals surface area contributed by atoms with Crippen LogP contribution in [0.5, 0.6) is 0 Å². The fraction of sp³-hybridized carbons (Fsp3) is 0. The maximum Gasteiger partial charge on any atom is 0.354 e. The largest absolute Gasteiger partial charge is 0.477 e. The molecule has 0 amide bonds. The summed E-state index contributed by atoms with van der Waals surface area (Å²) in [5, 5.41) is 9.40. The Kier molecular flexibility index (Phi) is 3.80. The minimum Gasteiger partial charge on any atom is -0.477 e. The van der Waals surface area contributed by atoms with Crippen molar-refractivity contribution in [3.8, 4) is 22.4 Å². The molecule has 22 heavy (non-hydrogen) atoms. The Hall–Kier alpha value is -2.79. The predicted octanol–water partition coefficient (Wildman–Crippen LogP) is 3.56. The molecule has 0 aliphatic heterocycles. The van der Waals surface area contributed by atoms with Gasteiger partial charge in [0.05, 0.1) is 5.69 Å². The lowest BCUT2D eigenvalue weighted by Gasteiger charge is -2.04. The molecule has 0 spiro atoms. The number of aromatic carboxylic acids is 1. The van der Waals surface area contributed by atoms with E-state index in [2.05, 4.69) is 15.0 Å². The summed E-state index contributed by atoms with van der Waals surface area (Å²) >= 11 is 5.76. The van der Waals surface area contributed by atoms with E-state index >= 15 is 0 Å². The van der Waals surface area contributed by atoms with E-state index in [1.54, 1.807) is 24.5 Å². The van der Waals surface area contributed by atoms with Crippen molar-refractivity contribution in [2.75, 3.05) is 0 Å². The molecule has 0 aliphatic rings. The molecule has 6 heteroatoms. The number of halogens is 1. The van der Waals surface area contributed by atoms with E-state index in [4.69, 9.17) is 16.7 Å². The lowest BCUT2D eigenvalue weighted by atomic mass is 10.1. The minimum absolute atomic E-state index is 0.00322. The highest BCUT2D eigenvalue weighted by Gasteiger charge is 2.07. The molecule has 0 bridgehead atoms. The summed E-state index contributed by atoms with van der Waals surface area (Å²) in [4.78, 5) is 23.1. The Labute approximate surface area is 131 Å². The van der Waals surface area contributed by atoms with E-state index in [9.17, 15) is 4.79 Å². The van der Waals surface area contributed by atoms with Gasteiger partial charge in [-0.15, -0.1) is 0 Å². The Balaban J connectivity index is 1.92. The van der Waals surface area contributed by atoms with Crippen LogP contribution in [-0.2, 0) is 0 Å². The smallest absolute Gasteiger partial charge is 0.354 e. The first-order valence-electron chi connectivity index (χ1n) is 6.41. The third-order valence-corrected chi connectivity index (χ3v) is 3.32. The van der Waals surface area contributed by atoms with Crippen LogP contribution in [0.25, 0.3) is 22.4 Å². The molecule has 0 saturated heterocycles. The third kappa shape index (κ3) is 2.94. The van der Waals surface area contributed by atoms with E-state index in [1.165, 1.54) is 12.3 Å². The van der Waals surface area contributed by atoms with Crippen molar-refractivity contribution in [1.29, 1.82) is 0 Å². The first kappa shape index (κ1) is 14.2. The van der Waals surface area contributed by atoms with Crippen LogP contribution in [-0.4, -0.2) is 26.0 Å².